The fourth-order valence-corrected chi connectivity index (χ4v) is 17.5. The second kappa shape index (κ2) is 52.3. The SMILES string of the molecule is CC(C)OC[C@@H]1C[C@@H](OP(=O)(O)OC[C@@H]2C[C@@H](OP(=O)(O)OC[C@@H]3C[C@@H](O)CN3C(=O)CCCCCCC(=O)CCCCCOC3OC(CO)C(O)C(O)C3C)CN2C(=O)CCCCCCC(=O)CCCCCOC2OC(CO)C(O)C(O)C2C)CN1C(=O)CCCCCCC(=O)CCCCCOC1OC(CO)C(O)C(O)C1C. The summed E-state index contributed by atoms with van der Waals surface area (Å²) in [6.07, 6.45) is 0.966. The van der Waals surface area contributed by atoms with Crippen molar-refractivity contribution in [2.45, 2.75) is 363 Å². The number of phosphoric acid groups is 2. The predicted octanol–water partition coefficient (Wildman–Crippen LogP) is 5.26. The van der Waals surface area contributed by atoms with Gasteiger partial charge in [-0.1, -0.05) is 78.6 Å². The molecule has 662 valence electrons. The summed E-state index contributed by atoms with van der Waals surface area (Å²) < 4.78 is 90.3. The fourth-order valence-electron chi connectivity index (χ4n) is 15.6. The maximum atomic E-state index is 14.1. The number of rotatable bonds is 58. The van der Waals surface area contributed by atoms with Crippen LogP contribution < -0.4 is 0 Å². The first-order valence-corrected chi connectivity index (χ1v) is 45.1. The van der Waals surface area contributed by atoms with Gasteiger partial charge >= 0.3 is 15.6 Å². The highest BCUT2D eigenvalue weighted by molar-refractivity contribution is 7.47. The molecule has 0 aromatic carbocycles. The molecule has 23 atom stereocenters. The van der Waals surface area contributed by atoms with E-state index in [1.165, 1.54) is 9.80 Å². The van der Waals surface area contributed by atoms with Crippen LogP contribution in [0, 0.1) is 17.8 Å². The lowest BCUT2D eigenvalue weighted by Gasteiger charge is -2.40. The van der Waals surface area contributed by atoms with Crippen LogP contribution in [0.2, 0.25) is 0 Å². The lowest BCUT2D eigenvalue weighted by atomic mass is 9.92. The quantitative estimate of drug-likeness (QED) is 0.0273. The summed E-state index contributed by atoms with van der Waals surface area (Å²) in [5, 5.41) is 100. The smallest absolute Gasteiger partial charge is 0.394 e. The molecule has 6 aliphatic heterocycles. The number of carbonyl (C=O) groups excluding carboxylic acids is 6. The van der Waals surface area contributed by atoms with Crippen LogP contribution in [-0.4, -0.2) is 306 Å². The largest absolute Gasteiger partial charge is 0.472 e. The fraction of sp³-hybridized carbons (Fsp3) is 0.923. The number of phosphoric ester groups is 2. The molecule has 6 saturated heterocycles. The molecule has 0 saturated carbocycles. The molecule has 3 amide bonds. The minimum absolute atomic E-state index is 0.0175. The first-order chi connectivity index (χ1) is 54.3. The van der Waals surface area contributed by atoms with Crippen molar-refractivity contribution >= 4 is 50.7 Å². The Bertz CT molecular complexity index is 2910. The van der Waals surface area contributed by atoms with Crippen molar-refractivity contribution in [1.29, 1.82) is 0 Å². The number of hydrogen-bond acceptors (Lipinski definition) is 29. The van der Waals surface area contributed by atoms with Crippen molar-refractivity contribution in [3.63, 3.8) is 0 Å². The van der Waals surface area contributed by atoms with E-state index in [9.17, 15) is 98.7 Å². The van der Waals surface area contributed by atoms with Gasteiger partial charge in [-0.15, -0.1) is 0 Å². The topological polar surface area (TPSA) is 491 Å². The Morgan fingerprint density at radius 2 is 0.649 bits per heavy atom. The summed E-state index contributed by atoms with van der Waals surface area (Å²) in [4.78, 5) is 106. The van der Waals surface area contributed by atoms with E-state index in [2.05, 4.69) is 0 Å². The highest BCUT2D eigenvalue weighted by Gasteiger charge is 2.48. The molecular weight excluding hydrogens is 1540 g/mol. The van der Waals surface area contributed by atoms with Crippen molar-refractivity contribution in [2.24, 2.45) is 17.8 Å². The number of ketones is 3. The average Bonchev–Trinajstić information content (AvgIpc) is 1.62. The summed E-state index contributed by atoms with van der Waals surface area (Å²) >= 11 is 0. The normalized spacial score (nSPS) is 31.1. The van der Waals surface area contributed by atoms with E-state index in [0.717, 1.165) is 19.3 Å². The molecule has 114 heavy (non-hydrogen) atoms. The molecule has 17 unspecified atom stereocenters. The Kier molecular flexibility index (Phi) is 45.8. The summed E-state index contributed by atoms with van der Waals surface area (Å²) in [7, 11) is -9.88. The third-order valence-corrected chi connectivity index (χ3v) is 24.7. The van der Waals surface area contributed by atoms with Crippen LogP contribution in [0.15, 0.2) is 0 Å². The number of unbranched alkanes of at least 4 members (excludes halogenated alkanes) is 15. The zero-order chi connectivity index (χ0) is 83.5. The first-order valence-electron chi connectivity index (χ1n) is 42.1. The zero-order valence-corrected chi connectivity index (χ0v) is 69.7. The summed E-state index contributed by atoms with van der Waals surface area (Å²) in [5.41, 5.74) is 0. The molecule has 0 spiro atoms. The Morgan fingerprint density at radius 3 is 0.947 bits per heavy atom. The number of nitrogens with zero attached hydrogens (tertiary/aromatic N) is 3. The molecule has 0 aliphatic carbocycles. The van der Waals surface area contributed by atoms with Crippen LogP contribution >= 0.6 is 15.6 Å². The Labute approximate surface area is 672 Å². The van der Waals surface area contributed by atoms with E-state index in [1.54, 1.807) is 25.7 Å². The summed E-state index contributed by atoms with van der Waals surface area (Å²) in [6.45, 7) is 7.19. The number of amides is 3. The summed E-state index contributed by atoms with van der Waals surface area (Å²) in [5.74, 6) is -2.01. The number of Topliss-reactive ketones (excluding diaryl/α,β-unsaturated/α-hetero) is 3. The number of hydrogen-bond donors (Lipinski definition) is 12. The van der Waals surface area contributed by atoms with Crippen LogP contribution in [0.5, 0.6) is 0 Å². The van der Waals surface area contributed by atoms with Gasteiger partial charge in [-0.25, -0.2) is 9.13 Å². The van der Waals surface area contributed by atoms with Gasteiger partial charge in [-0.05, 0) is 110 Å². The maximum Gasteiger partial charge on any atom is 0.472 e. The van der Waals surface area contributed by atoms with Gasteiger partial charge in [0.15, 0.2) is 18.9 Å². The number of carbonyl (C=O) groups is 6. The van der Waals surface area contributed by atoms with Crippen LogP contribution in [-0.2, 0) is 89.2 Å². The van der Waals surface area contributed by atoms with Crippen molar-refractivity contribution < 1.29 is 150 Å². The van der Waals surface area contributed by atoms with Gasteiger partial charge in [0.25, 0.3) is 0 Å². The van der Waals surface area contributed by atoms with Gasteiger partial charge in [-0.3, -0.25) is 46.9 Å². The minimum atomic E-state index is -4.95. The van der Waals surface area contributed by atoms with E-state index >= 15 is 0 Å². The Hall–Kier alpha value is -3.04. The third-order valence-electron chi connectivity index (χ3n) is 22.7. The van der Waals surface area contributed by atoms with Crippen LogP contribution in [0.1, 0.15) is 247 Å². The lowest BCUT2D eigenvalue weighted by molar-refractivity contribution is -0.282. The monoisotopic (exact) mass is 1680 g/mol. The molecule has 12 N–H and O–H groups in total. The van der Waals surface area contributed by atoms with Gasteiger partial charge < -0.3 is 109 Å². The molecular formula is C78H139N3O31P2. The molecule has 34 nitrogen and oxygen atoms in total. The number of ether oxygens (including phenoxy) is 7. The maximum absolute atomic E-state index is 14.1. The molecule has 6 fully saturated rings. The highest BCUT2D eigenvalue weighted by atomic mass is 31.2. The van der Waals surface area contributed by atoms with Gasteiger partial charge in [0.2, 0.25) is 17.7 Å². The molecule has 36 heteroatoms. The Morgan fingerprint density at radius 1 is 0.377 bits per heavy atom. The van der Waals surface area contributed by atoms with Crippen molar-refractivity contribution in [3.05, 3.63) is 0 Å². The number of aliphatic hydroxyl groups excluding tert-OH is 10. The molecule has 6 rings (SSSR count). The average molecular weight is 1680 g/mol. The predicted molar refractivity (Wildman–Crippen MR) is 411 cm³/mol. The van der Waals surface area contributed by atoms with E-state index < -0.39 is 183 Å². The van der Waals surface area contributed by atoms with Gasteiger partial charge in [0.05, 0.1) is 100 Å². The van der Waals surface area contributed by atoms with Crippen molar-refractivity contribution in [1.82, 2.24) is 14.7 Å². The minimum Gasteiger partial charge on any atom is -0.394 e. The zero-order valence-electron chi connectivity index (χ0n) is 67.9. The van der Waals surface area contributed by atoms with Crippen molar-refractivity contribution in [2.75, 3.05) is 79.1 Å². The van der Waals surface area contributed by atoms with E-state index in [1.807, 2.05) is 13.8 Å². The highest BCUT2D eigenvalue weighted by Crippen LogP contribution is 2.50. The molecule has 0 bridgehead atoms. The summed E-state index contributed by atoms with van der Waals surface area (Å²) in [6, 6.07) is -2.23. The third kappa shape index (κ3) is 34.5. The van der Waals surface area contributed by atoms with Crippen molar-refractivity contribution in [3.8, 4) is 0 Å². The van der Waals surface area contributed by atoms with Gasteiger partial charge in [0.1, 0.15) is 54.0 Å². The Balaban J connectivity index is 0.924. The lowest BCUT2D eigenvalue weighted by Crippen LogP contribution is -2.55. The molecule has 6 aliphatic rings. The number of likely N-dealkylation sites (tertiary alicyclic amines) is 3. The second-order valence-electron chi connectivity index (χ2n) is 32.4. The number of aliphatic hydroxyl groups is 10. The molecule has 0 aromatic rings. The first kappa shape index (κ1) is 99.8. The molecule has 0 radical (unpaired) electrons. The van der Waals surface area contributed by atoms with E-state index in [4.69, 9.17) is 51.3 Å². The van der Waals surface area contributed by atoms with Gasteiger partial charge in [0, 0.05) is 115 Å². The molecule has 6 heterocycles. The standard InChI is InChI=1S/C78H139N3O31P2/c1-51(2)105-48-56-40-62(43-80(56)68(90)34-22-10-7-16-28-59(86)31-19-13-25-37-103-77-53(4)71(93)74(96)65(46-83)109-77)111-114(100,101)107-50-57-41-63(44-81(57)69(91)35-23-11-8-17-29-60(87)32-20-14-26-38-104-78-54(5)72(94)75(97)66(47-84)110-78)112-113(98,99)106-49-55-39-61(88)42-79(55)67(89)33-21-9-6-15-27-58(85)30-18-12-24-36-102-76-52(3)70(92)73(95)64(45-82)108-76/h51-57,61-66,70-78,82-84,88,92-97H,6-50H2,1-5H3,(H,98,99)(H,100,101)/t52?,53?,54?,55-,56-,57-,61+,62+,63+,64?,65?,66?,70?,71?,72?,73?,74?,75?,76?,77?,78?/m0/s1. The molecule has 0 aromatic heterocycles. The van der Waals surface area contributed by atoms with Crippen LogP contribution in [0.3, 0.4) is 0 Å². The number of β-amino-alcohol motifs (C(OH)–C–C–N with tert-alkyl or cyclic N) is 1. The van der Waals surface area contributed by atoms with Crippen LogP contribution in [0.25, 0.3) is 0 Å². The van der Waals surface area contributed by atoms with Crippen LogP contribution in [0.4, 0.5) is 0 Å². The van der Waals surface area contributed by atoms with E-state index in [-0.39, 0.29) is 100 Å². The second-order valence-corrected chi connectivity index (χ2v) is 35.2. The van der Waals surface area contributed by atoms with E-state index in [0.29, 0.717) is 174 Å². The van der Waals surface area contributed by atoms with Gasteiger partial charge in [-0.2, -0.15) is 0 Å².